The van der Waals surface area contributed by atoms with E-state index in [1.165, 1.54) is 12.1 Å². The molecule has 92 valence electrons. The zero-order valence-electron chi connectivity index (χ0n) is 9.51. The van der Waals surface area contributed by atoms with Crippen molar-refractivity contribution in [1.82, 2.24) is 0 Å². The summed E-state index contributed by atoms with van der Waals surface area (Å²) >= 11 is 9.01. The molecule has 0 atom stereocenters. The summed E-state index contributed by atoms with van der Waals surface area (Å²) < 4.78 is 14.4. The highest BCUT2D eigenvalue weighted by Crippen LogP contribution is 2.25. The number of carbonyl (C=O) groups excluding carboxylic acids is 1. The molecule has 0 radical (unpaired) electrons. The Kier molecular flexibility index (Phi) is 3.83. The van der Waals surface area contributed by atoms with E-state index >= 15 is 0 Å². The van der Waals surface area contributed by atoms with Gasteiger partial charge in [-0.25, -0.2) is 4.39 Å². The normalized spacial score (nSPS) is 10.4. The molecule has 0 N–H and O–H groups in total. The fourth-order valence-corrected chi connectivity index (χ4v) is 2.24. The minimum atomic E-state index is -0.610. The van der Waals surface area contributed by atoms with E-state index in [0.29, 0.717) is 10.0 Å². The van der Waals surface area contributed by atoms with Gasteiger partial charge in [-0.1, -0.05) is 23.7 Å². The molecule has 0 amide bonds. The predicted octanol–water partition coefficient (Wildman–Crippen LogP) is 4.78. The number of benzene rings is 2. The van der Waals surface area contributed by atoms with Crippen LogP contribution in [0.25, 0.3) is 0 Å². The lowest BCUT2D eigenvalue weighted by Gasteiger charge is -2.07. The van der Waals surface area contributed by atoms with Gasteiger partial charge in [-0.05, 0) is 52.7 Å². The Morgan fingerprint density at radius 3 is 2.61 bits per heavy atom. The molecule has 2 aromatic carbocycles. The number of rotatable bonds is 2. The number of ketones is 1. The van der Waals surface area contributed by atoms with Crippen LogP contribution >= 0.6 is 27.5 Å². The van der Waals surface area contributed by atoms with E-state index in [1.807, 2.05) is 13.0 Å². The lowest BCUT2D eigenvalue weighted by Crippen LogP contribution is -2.05. The Balaban J connectivity index is 2.51. The van der Waals surface area contributed by atoms with Crippen LogP contribution in [-0.2, 0) is 0 Å². The highest BCUT2D eigenvalue weighted by molar-refractivity contribution is 9.10. The van der Waals surface area contributed by atoms with Crippen LogP contribution in [0.15, 0.2) is 40.9 Å². The molecule has 2 rings (SSSR count). The summed E-state index contributed by atoms with van der Waals surface area (Å²) in [4.78, 5) is 12.2. The first kappa shape index (κ1) is 13.2. The molecule has 0 unspecified atom stereocenters. The van der Waals surface area contributed by atoms with Crippen LogP contribution in [0.3, 0.4) is 0 Å². The largest absolute Gasteiger partial charge is 0.288 e. The summed E-state index contributed by atoms with van der Waals surface area (Å²) in [5, 5.41) is 0.271. The second-order valence-corrected chi connectivity index (χ2v) is 5.12. The van der Waals surface area contributed by atoms with Gasteiger partial charge >= 0.3 is 0 Å². The molecule has 0 heterocycles. The van der Waals surface area contributed by atoms with Crippen LogP contribution in [0.5, 0.6) is 0 Å². The number of carbonyl (C=O) groups is 1. The second kappa shape index (κ2) is 5.21. The van der Waals surface area contributed by atoms with E-state index in [1.54, 1.807) is 12.1 Å². The summed E-state index contributed by atoms with van der Waals surface area (Å²) in [6.45, 7) is 1.87. The van der Waals surface area contributed by atoms with Crippen LogP contribution in [0.2, 0.25) is 5.02 Å². The molecule has 4 heteroatoms. The molecule has 0 saturated heterocycles. The van der Waals surface area contributed by atoms with E-state index < -0.39 is 5.82 Å². The molecule has 0 spiro atoms. The zero-order chi connectivity index (χ0) is 13.3. The maximum absolute atomic E-state index is 13.7. The van der Waals surface area contributed by atoms with Gasteiger partial charge in [-0.3, -0.25) is 4.79 Å². The Hall–Kier alpha value is -1.19. The molecule has 0 bridgehead atoms. The predicted molar refractivity (Wildman–Crippen MR) is 73.7 cm³/mol. The Labute approximate surface area is 118 Å². The van der Waals surface area contributed by atoms with Gasteiger partial charge in [0.1, 0.15) is 5.82 Å². The summed E-state index contributed by atoms with van der Waals surface area (Å²) in [6.07, 6.45) is 0. The van der Waals surface area contributed by atoms with E-state index in [9.17, 15) is 9.18 Å². The molecule has 0 aliphatic rings. The Morgan fingerprint density at radius 1 is 1.22 bits per heavy atom. The summed E-state index contributed by atoms with van der Waals surface area (Å²) in [6, 6.07) is 9.34. The molecule has 0 aromatic heterocycles. The molecule has 0 aliphatic heterocycles. The summed E-state index contributed by atoms with van der Waals surface area (Å²) in [7, 11) is 0. The SMILES string of the molecule is Cc1cccc(C(=O)c2ccc(Cl)cc2F)c1Br. The minimum Gasteiger partial charge on any atom is -0.288 e. The number of aryl methyl sites for hydroxylation is 1. The smallest absolute Gasteiger partial charge is 0.197 e. The Morgan fingerprint density at radius 2 is 1.94 bits per heavy atom. The average molecular weight is 328 g/mol. The van der Waals surface area contributed by atoms with Gasteiger partial charge in [0.15, 0.2) is 5.78 Å². The lowest BCUT2D eigenvalue weighted by atomic mass is 10.0. The molecule has 18 heavy (non-hydrogen) atoms. The molecule has 0 fully saturated rings. The lowest BCUT2D eigenvalue weighted by molar-refractivity contribution is 0.103. The highest BCUT2D eigenvalue weighted by Gasteiger charge is 2.17. The fourth-order valence-electron chi connectivity index (χ4n) is 1.64. The average Bonchev–Trinajstić information content (AvgIpc) is 2.32. The number of hydrogen-bond acceptors (Lipinski definition) is 1. The van der Waals surface area contributed by atoms with Crippen LogP contribution in [-0.4, -0.2) is 5.78 Å². The van der Waals surface area contributed by atoms with Gasteiger partial charge in [0.2, 0.25) is 0 Å². The van der Waals surface area contributed by atoms with Crippen molar-refractivity contribution >= 4 is 33.3 Å². The van der Waals surface area contributed by atoms with Crippen LogP contribution in [0.1, 0.15) is 21.5 Å². The van der Waals surface area contributed by atoms with Crippen molar-refractivity contribution in [2.45, 2.75) is 6.92 Å². The number of halogens is 3. The van der Waals surface area contributed by atoms with Gasteiger partial charge in [0.25, 0.3) is 0 Å². The van der Waals surface area contributed by atoms with Crippen molar-refractivity contribution in [3.05, 3.63) is 68.4 Å². The highest BCUT2D eigenvalue weighted by atomic mass is 79.9. The first-order chi connectivity index (χ1) is 8.50. The van der Waals surface area contributed by atoms with Gasteiger partial charge in [-0.15, -0.1) is 0 Å². The van der Waals surface area contributed by atoms with Crippen molar-refractivity contribution in [2.24, 2.45) is 0 Å². The van der Waals surface area contributed by atoms with Crippen molar-refractivity contribution < 1.29 is 9.18 Å². The summed E-state index contributed by atoms with van der Waals surface area (Å²) in [5.74, 6) is -0.972. The van der Waals surface area contributed by atoms with Crippen molar-refractivity contribution in [3.63, 3.8) is 0 Å². The molecule has 0 saturated carbocycles. The molecule has 1 nitrogen and oxygen atoms in total. The number of hydrogen-bond donors (Lipinski definition) is 0. The molecule has 0 aliphatic carbocycles. The standard InChI is InChI=1S/C14H9BrClFO/c1-8-3-2-4-11(13(8)15)14(18)10-6-5-9(16)7-12(10)17/h2-7H,1H3. The van der Waals surface area contributed by atoms with Crippen LogP contribution in [0.4, 0.5) is 4.39 Å². The van der Waals surface area contributed by atoms with Crippen molar-refractivity contribution in [1.29, 1.82) is 0 Å². The molecule has 2 aromatic rings. The molecular formula is C14H9BrClFO. The third-order valence-electron chi connectivity index (χ3n) is 2.61. The van der Waals surface area contributed by atoms with Gasteiger partial charge in [-0.2, -0.15) is 0 Å². The van der Waals surface area contributed by atoms with E-state index in [4.69, 9.17) is 11.6 Å². The van der Waals surface area contributed by atoms with E-state index in [2.05, 4.69) is 15.9 Å². The molecular weight excluding hydrogens is 319 g/mol. The third kappa shape index (κ3) is 2.47. The van der Waals surface area contributed by atoms with Crippen molar-refractivity contribution in [3.8, 4) is 0 Å². The maximum Gasteiger partial charge on any atom is 0.197 e. The maximum atomic E-state index is 13.7. The topological polar surface area (TPSA) is 17.1 Å². The van der Waals surface area contributed by atoms with Gasteiger partial charge in [0.05, 0.1) is 5.56 Å². The van der Waals surface area contributed by atoms with Gasteiger partial charge in [0, 0.05) is 15.1 Å². The second-order valence-electron chi connectivity index (χ2n) is 3.89. The van der Waals surface area contributed by atoms with Gasteiger partial charge < -0.3 is 0 Å². The Bertz CT molecular complexity index is 625. The monoisotopic (exact) mass is 326 g/mol. The fraction of sp³-hybridized carbons (Fsp3) is 0.0714. The van der Waals surface area contributed by atoms with Crippen LogP contribution < -0.4 is 0 Å². The van der Waals surface area contributed by atoms with E-state index in [0.717, 1.165) is 11.6 Å². The summed E-state index contributed by atoms with van der Waals surface area (Å²) in [5.41, 5.74) is 1.39. The first-order valence-corrected chi connectivity index (χ1v) is 6.42. The van der Waals surface area contributed by atoms with Crippen LogP contribution in [0, 0.1) is 12.7 Å². The van der Waals surface area contributed by atoms with Crippen molar-refractivity contribution in [2.75, 3.05) is 0 Å². The first-order valence-electron chi connectivity index (χ1n) is 5.25. The zero-order valence-corrected chi connectivity index (χ0v) is 11.8. The third-order valence-corrected chi connectivity index (χ3v) is 3.90. The minimum absolute atomic E-state index is 0.0192. The quantitative estimate of drug-likeness (QED) is 0.725. The van der Waals surface area contributed by atoms with E-state index in [-0.39, 0.29) is 16.4 Å².